The Morgan fingerprint density at radius 2 is 1.96 bits per heavy atom. The maximum Gasteiger partial charge on any atom is 0.345 e. The molecule has 2 aromatic rings. The van der Waals surface area contributed by atoms with Crippen molar-refractivity contribution in [3.63, 3.8) is 0 Å². The van der Waals surface area contributed by atoms with Gasteiger partial charge in [0.05, 0.1) is 6.10 Å². The molecule has 0 aliphatic heterocycles. The summed E-state index contributed by atoms with van der Waals surface area (Å²) < 4.78 is 0. The molecule has 0 bridgehead atoms. The Kier molecular flexibility index (Phi) is 6.97. The number of carbonyl (C=O) groups is 1. The van der Waals surface area contributed by atoms with Crippen molar-refractivity contribution in [2.45, 2.75) is 51.0 Å². The van der Waals surface area contributed by atoms with Gasteiger partial charge in [0, 0.05) is 16.2 Å². The van der Waals surface area contributed by atoms with E-state index in [0.29, 0.717) is 11.3 Å². The van der Waals surface area contributed by atoms with Gasteiger partial charge in [-0.3, -0.25) is 0 Å². The number of thiophene rings is 1. The minimum Gasteiger partial charge on any atom is -0.477 e. The van der Waals surface area contributed by atoms with Gasteiger partial charge in [-0.25, -0.2) is 4.79 Å². The second-order valence-electron chi connectivity index (χ2n) is 7.80. The van der Waals surface area contributed by atoms with E-state index >= 15 is 0 Å². The van der Waals surface area contributed by atoms with Crippen molar-refractivity contribution in [1.82, 2.24) is 0 Å². The number of aromatic carboxylic acids is 1. The van der Waals surface area contributed by atoms with Gasteiger partial charge in [-0.15, -0.1) is 22.9 Å². The van der Waals surface area contributed by atoms with E-state index in [0.717, 1.165) is 29.7 Å². The van der Waals surface area contributed by atoms with Crippen molar-refractivity contribution in [3.8, 4) is 0 Å². The number of alkyl halides is 1. The van der Waals surface area contributed by atoms with E-state index in [1.54, 1.807) is 6.07 Å². The van der Waals surface area contributed by atoms with Crippen molar-refractivity contribution in [2.24, 2.45) is 11.8 Å². The molecule has 5 heteroatoms. The molecule has 3 nitrogen and oxygen atoms in total. The predicted molar refractivity (Wildman–Crippen MR) is 116 cm³/mol. The Morgan fingerprint density at radius 3 is 2.61 bits per heavy atom. The highest BCUT2D eigenvalue weighted by Gasteiger charge is 2.39. The van der Waals surface area contributed by atoms with Gasteiger partial charge in [0.15, 0.2) is 0 Å². The van der Waals surface area contributed by atoms with E-state index in [4.69, 9.17) is 16.7 Å². The molecule has 1 aliphatic rings. The largest absolute Gasteiger partial charge is 0.477 e. The molecule has 0 amide bonds. The second kappa shape index (κ2) is 9.25. The van der Waals surface area contributed by atoms with Crippen molar-refractivity contribution in [1.29, 1.82) is 0 Å². The monoisotopic (exact) mass is 418 g/mol. The van der Waals surface area contributed by atoms with Crippen LogP contribution >= 0.6 is 22.9 Å². The summed E-state index contributed by atoms with van der Waals surface area (Å²) in [5, 5.41) is 19.5. The first-order valence-electron chi connectivity index (χ1n) is 9.74. The summed E-state index contributed by atoms with van der Waals surface area (Å²) in [4.78, 5) is 12.5. The molecule has 0 saturated heterocycles. The van der Waals surface area contributed by atoms with Crippen LogP contribution in [0.4, 0.5) is 0 Å². The number of carboxylic acid groups (broad SMARTS) is 1. The molecule has 1 saturated carbocycles. The summed E-state index contributed by atoms with van der Waals surface area (Å²) in [7, 11) is 0. The summed E-state index contributed by atoms with van der Waals surface area (Å²) in [5.74, 6) is -0.577. The van der Waals surface area contributed by atoms with Gasteiger partial charge in [-0.1, -0.05) is 41.5 Å². The molecular formula is C23H27ClO3S. The fourth-order valence-corrected chi connectivity index (χ4v) is 5.57. The fourth-order valence-electron chi connectivity index (χ4n) is 4.20. The van der Waals surface area contributed by atoms with E-state index in [-0.39, 0.29) is 17.2 Å². The molecule has 1 aromatic carbocycles. The van der Waals surface area contributed by atoms with Gasteiger partial charge in [-0.05, 0) is 63.1 Å². The molecule has 1 aromatic heterocycles. The first-order chi connectivity index (χ1) is 13.3. The summed E-state index contributed by atoms with van der Waals surface area (Å²) in [6.45, 7) is 4.18. The number of rotatable bonds is 7. The van der Waals surface area contributed by atoms with Gasteiger partial charge in [0.1, 0.15) is 4.88 Å². The molecule has 0 spiro atoms. The number of halogens is 1. The molecule has 0 radical (unpaired) electrons. The van der Waals surface area contributed by atoms with Crippen LogP contribution in [0.25, 0.3) is 6.08 Å². The molecule has 1 aliphatic carbocycles. The van der Waals surface area contributed by atoms with E-state index in [1.807, 2.05) is 6.07 Å². The highest BCUT2D eigenvalue weighted by Crippen LogP contribution is 2.40. The van der Waals surface area contributed by atoms with Crippen LogP contribution in [-0.4, -0.2) is 27.7 Å². The number of hydrogen-bond acceptors (Lipinski definition) is 3. The van der Waals surface area contributed by atoms with Gasteiger partial charge in [0.2, 0.25) is 0 Å². The first kappa shape index (κ1) is 21.1. The molecule has 3 rings (SSSR count). The van der Waals surface area contributed by atoms with Crippen LogP contribution in [0.1, 0.15) is 50.5 Å². The molecule has 28 heavy (non-hydrogen) atoms. The highest BCUT2D eigenvalue weighted by atomic mass is 35.5. The molecule has 150 valence electrons. The lowest BCUT2D eigenvalue weighted by molar-refractivity contribution is 0.0702. The van der Waals surface area contributed by atoms with Crippen LogP contribution < -0.4 is 0 Å². The van der Waals surface area contributed by atoms with Crippen molar-refractivity contribution < 1.29 is 15.0 Å². The quantitative estimate of drug-likeness (QED) is 0.566. The van der Waals surface area contributed by atoms with Crippen LogP contribution in [-0.2, 0) is 6.42 Å². The van der Waals surface area contributed by atoms with E-state index in [1.165, 1.54) is 22.5 Å². The van der Waals surface area contributed by atoms with Crippen molar-refractivity contribution in [3.05, 3.63) is 62.9 Å². The highest BCUT2D eigenvalue weighted by molar-refractivity contribution is 7.13. The van der Waals surface area contributed by atoms with Gasteiger partial charge >= 0.3 is 5.97 Å². The molecule has 1 heterocycles. The minimum atomic E-state index is -0.868. The lowest BCUT2D eigenvalue weighted by Gasteiger charge is -2.20. The maximum atomic E-state index is 11.0. The molecule has 2 N–H and O–H groups in total. The standard InChI is InChI=1S/C23H27ClO3S/c1-14-10-15(2)12-16(11-14)6-8-19-18(20(24)13-21(19)25)5-3-4-17-7-9-22(28-17)23(26)27/h6-12,18-21,25H,3-5,13H2,1-2H3,(H,26,27)/b8-6+/t18?,19-,20-,21?/m1/s1. The second-order valence-corrected chi connectivity index (χ2v) is 9.53. The Hall–Kier alpha value is -1.62. The zero-order valence-electron chi connectivity index (χ0n) is 16.3. The van der Waals surface area contributed by atoms with Crippen molar-refractivity contribution in [2.75, 3.05) is 0 Å². The lowest BCUT2D eigenvalue weighted by Crippen LogP contribution is -2.18. The van der Waals surface area contributed by atoms with Crippen LogP contribution in [0.3, 0.4) is 0 Å². The molecule has 1 fully saturated rings. The Bertz CT molecular complexity index is 837. The number of benzene rings is 1. The van der Waals surface area contributed by atoms with Gasteiger partial charge < -0.3 is 10.2 Å². The zero-order chi connectivity index (χ0) is 20.3. The summed E-state index contributed by atoms with van der Waals surface area (Å²) in [5.41, 5.74) is 3.62. The van der Waals surface area contributed by atoms with Gasteiger partial charge in [-0.2, -0.15) is 0 Å². The number of aryl methyl sites for hydroxylation is 3. The average Bonchev–Trinajstić information content (AvgIpc) is 3.18. The third-order valence-corrected chi connectivity index (χ3v) is 7.09. The third-order valence-electron chi connectivity index (χ3n) is 5.46. The third kappa shape index (κ3) is 5.25. The lowest BCUT2D eigenvalue weighted by atomic mass is 9.89. The van der Waals surface area contributed by atoms with E-state index in [9.17, 15) is 9.90 Å². The minimum absolute atomic E-state index is 0.0261. The van der Waals surface area contributed by atoms with Crippen LogP contribution in [0.2, 0.25) is 0 Å². The van der Waals surface area contributed by atoms with E-state index < -0.39 is 12.1 Å². The van der Waals surface area contributed by atoms with E-state index in [2.05, 4.69) is 44.2 Å². The first-order valence-corrected chi connectivity index (χ1v) is 11.0. The molecule has 4 atom stereocenters. The predicted octanol–water partition coefficient (Wildman–Crippen LogP) is 5.70. The topological polar surface area (TPSA) is 57.5 Å². The normalized spacial score (nSPS) is 24.9. The maximum absolute atomic E-state index is 11.0. The number of aliphatic hydroxyl groups excluding tert-OH is 1. The van der Waals surface area contributed by atoms with Crippen LogP contribution in [0.5, 0.6) is 0 Å². The number of carboxylic acids is 1. The number of hydrogen-bond donors (Lipinski definition) is 2. The Morgan fingerprint density at radius 1 is 1.25 bits per heavy atom. The molecule has 2 unspecified atom stereocenters. The van der Waals surface area contributed by atoms with Crippen LogP contribution in [0, 0.1) is 25.7 Å². The van der Waals surface area contributed by atoms with Crippen molar-refractivity contribution >= 4 is 35.0 Å². The molecular weight excluding hydrogens is 392 g/mol. The number of aliphatic hydroxyl groups is 1. The zero-order valence-corrected chi connectivity index (χ0v) is 17.8. The van der Waals surface area contributed by atoms with Gasteiger partial charge in [0.25, 0.3) is 0 Å². The smallest absolute Gasteiger partial charge is 0.345 e. The Labute approximate surface area is 175 Å². The summed E-state index contributed by atoms with van der Waals surface area (Å²) in [6, 6.07) is 10.0. The summed E-state index contributed by atoms with van der Waals surface area (Å²) in [6.07, 6.45) is 7.16. The average molecular weight is 419 g/mol. The summed E-state index contributed by atoms with van der Waals surface area (Å²) >= 11 is 7.90. The Balaban J connectivity index is 1.62. The van der Waals surface area contributed by atoms with Crippen LogP contribution in [0.15, 0.2) is 36.4 Å². The SMILES string of the molecule is Cc1cc(C)cc(/C=C/[C@H]2C(O)C[C@@H](Cl)C2CCCc2ccc(C(=O)O)s2)c1. The fraction of sp³-hybridized carbons (Fsp3) is 0.435.